The molecule has 2 saturated carbocycles. The van der Waals surface area contributed by atoms with Crippen LogP contribution in [0.3, 0.4) is 0 Å². The summed E-state index contributed by atoms with van der Waals surface area (Å²) in [5, 5.41) is 21.9. The quantitative estimate of drug-likeness (QED) is 0.147. The Balaban J connectivity index is 1.64. The normalized spacial score (nSPS) is 39.7. The van der Waals surface area contributed by atoms with Crippen LogP contribution < -0.4 is 0 Å². The van der Waals surface area contributed by atoms with Gasteiger partial charge in [-0.2, -0.15) is 0 Å². The van der Waals surface area contributed by atoms with Crippen LogP contribution in [-0.2, 0) is 47.7 Å². The van der Waals surface area contributed by atoms with Crippen molar-refractivity contribution in [2.24, 2.45) is 47.3 Å². The van der Waals surface area contributed by atoms with E-state index in [0.29, 0.717) is 75.4 Å². The van der Waals surface area contributed by atoms with E-state index in [1.54, 1.807) is 46.1 Å². The van der Waals surface area contributed by atoms with E-state index in [-0.39, 0.29) is 78.3 Å². The molecule has 2 N–H and O–H groups in total. The van der Waals surface area contributed by atoms with Gasteiger partial charge in [-0.05, 0) is 125 Å². The Kier molecular flexibility index (Phi) is 22.9. The average Bonchev–Trinajstić information content (AvgIpc) is 3.29. The first kappa shape index (κ1) is 57.2. The molecule has 382 valence electrons. The number of aliphatic hydroxyl groups is 2. The molecule has 4 rings (SSSR count). The second-order valence-corrected chi connectivity index (χ2v) is 21.3. The molecule has 4 bridgehead atoms. The van der Waals surface area contributed by atoms with Crippen LogP contribution in [0, 0.1) is 47.3 Å². The largest absolute Gasteiger partial charge is 0.461 e. The van der Waals surface area contributed by atoms with Gasteiger partial charge in [0.1, 0.15) is 29.7 Å². The van der Waals surface area contributed by atoms with Gasteiger partial charge in [0.15, 0.2) is 11.6 Å². The smallest absolute Gasteiger partial charge is 0.309 e. The molecule has 0 radical (unpaired) electrons. The molecule has 12 heteroatoms. The number of esters is 1. The van der Waals surface area contributed by atoms with E-state index < -0.39 is 65.4 Å². The second-order valence-electron chi connectivity index (χ2n) is 21.3. The molecule has 68 heavy (non-hydrogen) atoms. The molecule has 2 aliphatic carbocycles. The van der Waals surface area contributed by atoms with Crippen LogP contribution in [-0.4, -0.2) is 102 Å². The summed E-state index contributed by atoms with van der Waals surface area (Å²) < 4.78 is 24.1. The number of ketones is 5. The van der Waals surface area contributed by atoms with Gasteiger partial charge in [-0.1, -0.05) is 97.3 Å². The van der Waals surface area contributed by atoms with Crippen LogP contribution in [0.5, 0.6) is 0 Å². The topological polar surface area (TPSA) is 180 Å². The number of carbonyl (C=O) groups excluding carboxylic acids is 6. The van der Waals surface area contributed by atoms with Crippen LogP contribution in [0.2, 0.25) is 0 Å². The monoisotopic (exact) mass is 951 g/mol. The van der Waals surface area contributed by atoms with Gasteiger partial charge >= 0.3 is 5.97 Å². The number of methoxy groups -OCH3 is 2. The molecule has 2 aliphatic heterocycles. The Bertz CT molecular complexity index is 1840. The number of allylic oxidation sites excluding steroid dienone is 7. The molecule has 0 amide bonds. The van der Waals surface area contributed by atoms with Gasteiger partial charge in [0.05, 0.1) is 24.2 Å². The number of hydrogen-bond acceptors (Lipinski definition) is 12. The van der Waals surface area contributed by atoms with E-state index in [2.05, 4.69) is 0 Å². The first-order valence-corrected chi connectivity index (χ1v) is 25.9. The van der Waals surface area contributed by atoms with Crippen molar-refractivity contribution in [3.63, 3.8) is 0 Å². The Labute approximate surface area is 407 Å². The second kappa shape index (κ2) is 27.3. The lowest BCUT2D eigenvalue weighted by molar-refractivity contribution is -0.182. The molecule has 15 atom stereocenters. The predicted octanol–water partition coefficient (Wildman–Crippen LogP) is 9.36. The van der Waals surface area contributed by atoms with E-state index in [9.17, 15) is 39.0 Å². The summed E-state index contributed by atoms with van der Waals surface area (Å²) in [6, 6.07) is 0. The first-order chi connectivity index (χ1) is 32.2. The molecule has 1 saturated heterocycles. The minimum absolute atomic E-state index is 0.00192. The maximum Gasteiger partial charge on any atom is 0.309 e. The Morgan fingerprint density at radius 1 is 0.794 bits per heavy atom. The van der Waals surface area contributed by atoms with Gasteiger partial charge < -0.3 is 29.2 Å². The van der Waals surface area contributed by atoms with Crippen LogP contribution in [0.15, 0.2) is 47.6 Å². The number of aliphatic hydroxyl groups excluding tert-OH is 2. The summed E-state index contributed by atoms with van der Waals surface area (Å²) in [6.07, 6.45) is 15.2. The lowest BCUT2D eigenvalue weighted by atomic mass is 9.73. The molecule has 0 aromatic heterocycles. The van der Waals surface area contributed by atoms with Crippen LogP contribution >= 0.6 is 0 Å². The third-order valence-electron chi connectivity index (χ3n) is 16.0. The minimum Gasteiger partial charge on any atom is -0.461 e. The van der Waals surface area contributed by atoms with E-state index in [1.165, 1.54) is 7.11 Å². The summed E-state index contributed by atoms with van der Waals surface area (Å²) in [5.74, 6) is -3.74. The summed E-state index contributed by atoms with van der Waals surface area (Å²) in [5.41, 5.74) is -0.337. The highest BCUT2D eigenvalue weighted by atomic mass is 16.5. The van der Waals surface area contributed by atoms with E-state index in [4.69, 9.17) is 18.9 Å². The summed E-state index contributed by atoms with van der Waals surface area (Å²) >= 11 is 0. The highest BCUT2D eigenvalue weighted by molar-refractivity contribution is 6.40. The van der Waals surface area contributed by atoms with Crippen molar-refractivity contribution >= 4 is 34.9 Å². The van der Waals surface area contributed by atoms with Gasteiger partial charge in [0, 0.05) is 45.3 Å². The maximum absolute atomic E-state index is 14.2. The molecular weight excluding hydrogens is 865 g/mol. The predicted molar refractivity (Wildman–Crippen MR) is 262 cm³/mol. The summed E-state index contributed by atoms with van der Waals surface area (Å²) in [7, 11) is 2.99. The number of ether oxygens (including phenoxy) is 4. The third kappa shape index (κ3) is 15.8. The zero-order chi connectivity index (χ0) is 50.3. The minimum atomic E-state index is -1.31. The van der Waals surface area contributed by atoms with Crippen LogP contribution in [0.1, 0.15) is 165 Å². The lowest BCUT2D eigenvalue weighted by Crippen LogP contribution is -2.55. The van der Waals surface area contributed by atoms with Crippen LogP contribution in [0.25, 0.3) is 0 Å². The van der Waals surface area contributed by atoms with Gasteiger partial charge in [-0.15, -0.1) is 0 Å². The number of carbonyl (C=O) groups is 6. The van der Waals surface area contributed by atoms with Gasteiger partial charge in [0.2, 0.25) is 11.6 Å². The van der Waals surface area contributed by atoms with Gasteiger partial charge in [-0.25, -0.2) is 0 Å². The third-order valence-corrected chi connectivity index (χ3v) is 16.0. The molecule has 3 fully saturated rings. The lowest BCUT2D eigenvalue weighted by Gasteiger charge is -2.44. The number of hydrogen-bond donors (Lipinski definition) is 2. The van der Waals surface area contributed by atoms with E-state index in [1.807, 2.05) is 52.8 Å². The summed E-state index contributed by atoms with van der Waals surface area (Å²) in [4.78, 5) is 83.7. The van der Waals surface area contributed by atoms with E-state index >= 15 is 0 Å². The van der Waals surface area contributed by atoms with Crippen molar-refractivity contribution < 1.29 is 57.9 Å². The van der Waals surface area contributed by atoms with Gasteiger partial charge in [-0.3, -0.25) is 28.8 Å². The fourth-order valence-electron chi connectivity index (χ4n) is 11.3. The molecule has 4 unspecified atom stereocenters. The Morgan fingerprint density at radius 2 is 1.51 bits per heavy atom. The Hall–Kier alpha value is -3.42. The number of Topliss-reactive ketones (excluding diaryl/α,β-unsaturated/α-hetero) is 5. The average molecular weight is 951 g/mol. The SMILES string of the molecule is CC[C@@]12O[C@@H](CC[C@H]1C)CC(=O)/C(C)=C/C=C/C=C/[C@@H](C)C[C@@H](C)C(=O)[C@H](OC)C(O)/C(C)=C/[C@@H](C)C(=O)C[C@@H]([C@H](C)CC1CCC(O)[C@H](OC)C1)OC(=O)[C@@H]1CCCCC(CC1)CC(=O)C2=O. The fraction of sp³-hybridized carbons (Fsp3) is 0.750. The van der Waals surface area contributed by atoms with E-state index in [0.717, 1.165) is 25.7 Å². The van der Waals surface area contributed by atoms with Crippen molar-refractivity contribution in [3.05, 3.63) is 47.6 Å². The highest BCUT2D eigenvalue weighted by Crippen LogP contribution is 2.41. The van der Waals surface area contributed by atoms with Crippen molar-refractivity contribution in [2.75, 3.05) is 14.2 Å². The molecule has 2 heterocycles. The van der Waals surface area contributed by atoms with Crippen molar-refractivity contribution in [3.8, 4) is 0 Å². The zero-order valence-electron chi connectivity index (χ0n) is 43.0. The molecule has 0 spiro atoms. The Morgan fingerprint density at radius 3 is 2.21 bits per heavy atom. The molecule has 4 aliphatic rings. The van der Waals surface area contributed by atoms with Crippen LogP contribution in [0.4, 0.5) is 0 Å². The number of fused-ring (bicyclic) bond motifs is 5. The fourth-order valence-corrected chi connectivity index (χ4v) is 11.3. The molecule has 12 nitrogen and oxygen atoms in total. The first-order valence-electron chi connectivity index (χ1n) is 25.9. The maximum atomic E-state index is 14.2. The molecule has 0 aromatic carbocycles. The van der Waals surface area contributed by atoms with Crippen molar-refractivity contribution in [1.82, 2.24) is 0 Å². The van der Waals surface area contributed by atoms with Crippen molar-refractivity contribution in [2.45, 2.75) is 207 Å². The van der Waals surface area contributed by atoms with Gasteiger partial charge in [0.25, 0.3) is 0 Å². The van der Waals surface area contributed by atoms with Crippen molar-refractivity contribution in [1.29, 1.82) is 0 Å². The molecular formula is C56H86O12. The summed E-state index contributed by atoms with van der Waals surface area (Å²) in [6.45, 7) is 14.8. The zero-order valence-corrected chi connectivity index (χ0v) is 43.0. The number of rotatable bonds is 6. The number of cyclic esters (lactones) is 1. The molecule has 0 aromatic rings. The standard InChI is InChI=1S/C56H86O12/c1-11-56-40(8)21-25-44(68-56)32-46(58)35(3)18-14-12-13-17-34(2)27-38(6)51(61)53(66-10)52(62)39(7)28-36(4)47(59)33-49(37(5)29-42-23-26-45(57)50(31-42)65-9)67-55(64)43-20-16-15-19-41(22-24-43)30-48(60)54(56)63/h12-14,17-18,28,34,36-38,40-45,49-50,52-53,57,62H,11,15-16,19-27,29-33H2,1-10H3/b14-12+,17-13+,35-18+,39-28+/t34-,36-,37-,38-,40-,41?,42?,43-,44+,45?,49+,50-,52?,53+,56-/m1/s1. The highest BCUT2D eigenvalue weighted by Gasteiger charge is 2.50.